The minimum absolute atomic E-state index is 0.169. The van der Waals surface area contributed by atoms with Crippen molar-refractivity contribution in [1.82, 2.24) is 4.31 Å². The first kappa shape index (κ1) is 13.1. The van der Waals surface area contributed by atoms with Crippen LogP contribution in [0.2, 0.25) is 0 Å². The number of aliphatic carboxylic acids is 1. The van der Waals surface area contributed by atoms with Crippen molar-refractivity contribution in [2.24, 2.45) is 0 Å². The number of hydrogen-bond donors (Lipinski definition) is 1. The van der Waals surface area contributed by atoms with Gasteiger partial charge in [-0.15, -0.1) is 0 Å². The highest BCUT2D eigenvalue weighted by Gasteiger charge is 2.26. The van der Waals surface area contributed by atoms with E-state index in [9.17, 15) is 13.2 Å². The molecule has 1 N–H and O–H groups in total. The Kier molecular flexibility index (Phi) is 4.79. The second kappa shape index (κ2) is 5.11. The first-order valence-corrected chi connectivity index (χ1v) is 5.73. The van der Waals surface area contributed by atoms with Gasteiger partial charge in [0.15, 0.2) is 0 Å². The Labute approximate surface area is 84.1 Å². The zero-order chi connectivity index (χ0) is 11.4. The lowest BCUT2D eigenvalue weighted by Crippen LogP contribution is -2.41. The highest BCUT2D eigenvalue weighted by Crippen LogP contribution is 2.05. The van der Waals surface area contributed by atoms with Crippen molar-refractivity contribution in [3.63, 3.8) is 0 Å². The minimum Gasteiger partial charge on any atom is -0.480 e. The third-order valence-corrected chi connectivity index (χ3v) is 3.69. The molecule has 0 aromatic heterocycles. The lowest BCUT2D eigenvalue weighted by atomic mass is 10.4. The topological polar surface area (TPSA) is 74.7 Å². The van der Waals surface area contributed by atoms with Gasteiger partial charge in [0.05, 0.1) is 5.75 Å². The molecule has 0 heterocycles. The number of carboxylic acid groups (broad SMARTS) is 1. The van der Waals surface area contributed by atoms with E-state index < -0.39 is 22.0 Å². The second-order valence-corrected chi connectivity index (χ2v) is 4.95. The van der Waals surface area contributed by atoms with E-state index in [0.29, 0.717) is 0 Å². The number of sulfonamides is 1. The van der Waals surface area contributed by atoms with Crippen LogP contribution in [0.5, 0.6) is 0 Å². The average molecular weight is 221 g/mol. The summed E-state index contributed by atoms with van der Waals surface area (Å²) in [5.74, 6) is -1.32. The van der Waals surface area contributed by atoms with E-state index in [1.807, 2.05) is 0 Å². The molecule has 1 atom stereocenters. The molecule has 0 fully saturated rings. The Morgan fingerprint density at radius 2 is 2.07 bits per heavy atom. The maximum atomic E-state index is 11.4. The van der Waals surface area contributed by atoms with Crippen LogP contribution in [0.15, 0.2) is 12.2 Å². The van der Waals surface area contributed by atoms with Crippen LogP contribution in [-0.4, -0.2) is 42.6 Å². The first-order chi connectivity index (χ1) is 6.33. The Bertz CT molecular complexity index is 320. The monoisotopic (exact) mass is 221 g/mol. The van der Waals surface area contributed by atoms with Crippen LogP contribution < -0.4 is 0 Å². The average Bonchev–Trinajstić information content (AvgIpc) is 2.12. The predicted molar refractivity (Wildman–Crippen MR) is 53.5 cm³/mol. The molecule has 14 heavy (non-hydrogen) atoms. The molecule has 0 aliphatic heterocycles. The van der Waals surface area contributed by atoms with E-state index in [2.05, 4.69) is 0 Å². The molecular weight excluding hydrogens is 206 g/mol. The van der Waals surface area contributed by atoms with Crippen LogP contribution in [0.25, 0.3) is 0 Å². The summed E-state index contributed by atoms with van der Waals surface area (Å²) >= 11 is 0. The lowest BCUT2D eigenvalue weighted by Gasteiger charge is -2.19. The number of carboxylic acids is 1. The summed E-state index contributed by atoms with van der Waals surface area (Å²) in [4.78, 5) is 10.5. The minimum atomic E-state index is -3.50. The number of hydrogen-bond acceptors (Lipinski definition) is 3. The largest absolute Gasteiger partial charge is 0.480 e. The van der Waals surface area contributed by atoms with Crippen molar-refractivity contribution < 1.29 is 18.3 Å². The zero-order valence-corrected chi connectivity index (χ0v) is 9.28. The van der Waals surface area contributed by atoms with Gasteiger partial charge in [0, 0.05) is 7.05 Å². The van der Waals surface area contributed by atoms with Crippen LogP contribution >= 0.6 is 0 Å². The van der Waals surface area contributed by atoms with E-state index >= 15 is 0 Å². The van der Waals surface area contributed by atoms with Gasteiger partial charge in [-0.25, -0.2) is 8.42 Å². The fourth-order valence-corrected chi connectivity index (χ4v) is 1.97. The molecule has 5 nitrogen and oxygen atoms in total. The van der Waals surface area contributed by atoms with Crippen molar-refractivity contribution in [2.75, 3.05) is 12.8 Å². The molecule has 82 valence electrons. The van der Waals surface area contributed by atoms with Crippen LogP contribution in [0.4, 0.5) is 0 Å². The van der Waals surface area contributed by atoms with E-state index in [1.165, 1.54) is 20.0 Å². The van der Waals surface area contributed by atoms with Crippen LogP contribution in [0.3, 0.4) is 0 Å². The summed E-state index contributed by atoms with van der Waals surface area (Å²) in [6, 6.07) is -1.04. The summed E-state index contributed by atoms with van der Waals surface area (Å²) in [7, 11) is -2.24. The van der Waals surface area contributed by atoms with Gasteiger partial charge >= 0.3 is 5.97 Å². The Balaban J connectivity index is 4.66. The fourth-order valence-electron chi connectivity index (χ4n) is 0.732. The van der Waals surface area contributed by atoms with Crippen LogP contribution in [-0.2, 0) is 14.8 Å². The quantitative estimate of drug-likeness (QED) is 0.677. The smallest absolute Gasteiger partial charge is 0.321 e. The van der Waals surface area contributed by atoms with Gasteiger partial charge in [0.2, 0.25) is 10.0 Å². The molecule has 0 aliphatic rings. The molecule has 0 aliphatic carbocycles. The first-order valence-electron chi connectivity index (χ1n) is 4.12. The van der Waals surface area contributed by atoms with Gasteiger partial charge in [0.25, 0.3) is 0 Å². The molecule has 0 radical (unpaired) electrons. The van der Waals surface area contributed by atoms with Gasteiger partial charge in [-0.1, -0.05) is 12.2 Å². The molecule has 0 saturated carbocycles. The predicted octanol–water partition coefficient (Wildman–Crippen LogP) is 0.297. The number of carbonyl (C=O) groups is 1. The number of allylic oxidation sites excluding steroid dienone is 1. The van der Waals surface area contributed by atoms with Gasteiger partial charge in [-0.05, 0) is 13.8 Å². The van der Waals surface area contributed by atoms with E-state index in [4.69, 9.17) is 5.11 Å². The number of nitrogens with zero attached hydrogens (tertiary/aromatic N) is 1. The molecule has 0 rings (SSSR count). The zero-order valence-electron chi connectivity index (χ0n) is 8.47. The lowest BCUT2D eigenvalue weighted by molar-refractivity contribution is -0.140. The molecular formula is C8H15NO4S. The number of likely N-dealkylation sites (N-methyl/N-ethyl adjacent to an activating group) is 1. The summed E-state index contributed by atoms with van der Waals surface area (Å²) in [5, 5.41) is 8.62. The van der Waals surface area contributed by atoms with Gasteiger partial charge in [-0.2, -0.15) is 4.31 Å². The molecule has 0 saturated heterocycles. The molecule has 0 aromatic carbocycles. The number of rotatable bonds is 5. The van der Waals surface area contributed by atoms with Gasteiger partial charge < -0.3 is 5.11 Å². The van der Waals surface area contributed by atoms with Crippen LogP contribution in [0, 0.1) is 0 Å². The highest BCUT2D eigenvalue weighted by atomic mass is 32.2. The third kappa shape index (κ3) is 3.47. The van der Waals surface area contributed by atoms with Crippen molar-refractivity contribution in [3.05, 3.63) is 12.2 Å². The van der Waals surface area contributed by atoms with Gasteiger partial charge in [-0.3, -0.25) is 4.79 Å². The van der Waals surface area contributed by atoms with Crippen molar-refractivity contribution in [1.29, 1.82) is 0 Å². The highest BCUT2D eigenvalue weighted by molar-refractivity contribution is 7.89. The van der Waals surface area contributed by atoms with Crippen molar-refractivity contribution >= 4 is 16.0 Å². The molecule has 0 spiro atoms. The summed E-state index contributed by atoms with van der Waals surface area (Å²) in [6.07, 6.45) is 3.08. The van der Waals surface area contributed by atoms with Crippen LogP contribution in [0.1, 0.15) is 13.8 Å². The van der Waals surface area contributed by atoms with E-state index in [-0.39, 0.29) is 5.75 Å². The Morgan fingerprint density at radius 1 is 1.57 bits per heavy atom. The normalized spacial score (nSPS) is 14.9. The maximum Gasteiger partial charge on any atom is 0.321 e. The summed E-state index contributed by atoms with van der Waals surface area (Å²) < 4.78 is 23.7. The Hall–Kier alpha value is -0.880. The summed E-state index contributed by atoms with van der Waals surface area (Å²) in [6.45, 7) is 3.03. The van der Waals surface area contributed by atoms with E-state index in [1.54, 1.807) is 13.0 Å². The molecule has 0 aromatic rings. The van der Waals surface area contributed by atoms with E-state index in [0.717, 1.165) is 4.31 Å². The third-order valence-electron chi connectivity index (χ3n) is 1.88. The summed E-state index contributed by atoms with van der Waals surface area (Å²) in [5.41, 5.74) is 0. The molecule has 1 unspecified atom stereocenters. The molecule has 0 bridgehead atoms. The molecule has 6 heteroatoms. The standard InChI is InChI=1S/C8H15NO4S/c1-4-5-6-14(12,13)9(3)7(2)8(10)11/h4-5,7H,6H2,1-3H3,(H,10,11)/b5-4+. The SMILES string of the molecule is C/C=C/CS(=O)(=O)N(C)C(C)C(=O)O. The van der Waals surface area contributed by atoms with Gasteiger partial charge in [0.1, 0.15) is 6.04 Å². The maximum absolute atomic E-state index is 11.4. The Morgan fingerprint density at radius 3 is 2.43 bits per heavy atom. The van der Waals surface area contributed by atoms with Crippen molar-refractivity contribution in [3.8, 4) is 0 Å². The fraction of sp³-hybridized carbons (Fsp3) is 0.625. The molecule has 0 amide bonds. The second-order valence-electron chi connectivity index (χ2n) is 2.88. The van der Waals surface area contributed by atoms with Crippen molar-refractivity contribution in [2.45, 2.75) is 19.9 Å².